The fourth-order valence-corrected chi connectivity index (χ4v) is 1.21. The van der Waals surface area contributed by atoms with Crippen LogP contribution in [0.2, 0.25) is 0 Å². The van der Waals surface area contributed by atoms with E-state index in [-0.39, 0.29) is 11.8 Å². The van der Waals surface area contributed by atoms with Crippen LogP contribution in [0.5, 0.6) is 0 Å². The Kier molecular flexibility index (Phi) is 5.77. The van der Waals surface area contributed by atoms with Crippen molar-refractivity contribution in [1.82, 2.24) is 5.32 Å². The van der Waals surface area contributed by atoms with Crippen LogP contribution in [0.4, 0.5) is 0 Å². The average molecular weight is 201 g/mol. The Bertz CT molecular complexity index is 180. The van der Waals surface area contributed by atoms with E-state index in [4.69, 9.17) is 4.74 Å². The third-order valence-electron chi connectivity index (χ3n) is 2.77. The molecule has 0 fully saturated rings. The predicted molar refractivity (Wildman–Crippen MR) is 58.1 cm³/mol. The molecular formula is C11H23NO2. The van der Waals surface area contributed by atoms with E-state index in [2.05, 4.69) is 12.2 Å². The van der Waals surface area contributed by atoms with E-state index in [1.807, 2.05) is 20.8 Å². The molecule has 0 aliphatic carbocycles. The molecule has 1 amide bonds. The fraction of sp³-hybridized carbons (Fsp3) is 0.909. The van der Waals surface area contributed by atoms with Crippen LogP contribution in [0, 0.1) is 11.3 Å². The molecule has 1 unspecified atom stereocenters. The van der Waals surface area contributed by atoms with Crippen LogP contribution in [0.3, 0.4) is 0 Å². The number of nitrogens with one attached hydrogen (secondary N) is 1. The van der Waals surface area contributed by atoms with Gasteiger partial charge in [0.15, 0.2) is 0 Å². The standard InChI is InChI=1S/C11H23NO2/c1-6-7-14-8-11(4,9(2)3)10(13)12-5/h9H,6-8H2,1-5H3,(H,12,13). The van der Waals surface area contributed by atoms with Gasteiger partial charge in [-0.2, -0.15) is 0 Å². The van der Waals surface area contributed by atoms with E-state index in [9.17, 15) is 4.79 Å². The molecule has 14 heavy (non-hydrogen) atoms. The fourth-order valence-electron chi connectivity index (χ4n) is 1.21. The second-order valence-corrected chi connectivity index (χ2v) is 4.20. The summed E-state index contributed by atoms with van der Waals surface area (Å²) in [5.41, 5.74) is -0.413. The molecule has 0 aromatic heterocycles. The van der Waals surface area contributed by atoms with Crippen LogP contribution in [-0.4, -0.2) is 26.2 Å². The Balaban J connectivity index is 4.32. The summed E-state index contributed by atoms with van der Waals surface area (Å²) in [4.78, 5) is 11.7. The van der Waals surface area contributed by atoms with Crippen molar-refractivity contribution in [3.05, 3.63) is 0 Å². The summed E-state index contributed by atoms with van der Waals surface area (Å²) in [7, 11) is 1.67. The maximum absolute atomic E-state index is 11.7. The first-order valence-electron chi connectivity index (χ1n) is 5.29. The van der Waals surface area contributed by atoms with E-state index >= 15 is 0 Å². The summed E-state index contributed by atoms with van der Waals surface area (Å²) in [6.07, 6.45) is 0.988. The maximum Gasteiger partial charge on any atom is 0.228 e. The molecule has 0 aliphatic heterocycles. The summed E-state index contributed by atoms with van der Waals surface area (Å²) in [6.45, 7) is 9.32. The first kappa shape index (κ1) is 13.4. The third-order valence-corrected chi connectivity index (χ3v) is 2.77. The maximum atomic E-state index is 11.7. The van der Waals surface area contributed by atoms with Gasteiger partial charge in [-0.25, -0.2) is 0 Å². The summed E-state index contributed by atoms with van der Waals surface area (Å²) < 4.78 is 5.47. The van der Waals surface area contributed by atoms with Gasteiger partial charge in [-0.3, -0.25) is 4.79 Å². The summed E-state index contributed by atoms with van der Waals surface area (Å²) in [5.74, 6) is 0.336. The van der Waals surface area contributed by atoms with Crippen molar-refractivity contribution in [3.63, 3.8) is 0 Å². The molecule has 1 atom stereocenters. The number of carbonyl (C=O) groups is 1. The zero-order valence-electron chi connectivity index (χ0n) is 10.0. The molecule has 0 saturated heterocycles. The molecule has 0 radical (unpaired) electrons. The SMILES string of the molecule is CCCOCC(C)(C(=O)NC)C(C)C. The number of carbonyl (C=O) groups excluding carboxylic acids is 1. The van der Waals surface area contributed by atoms with Gasteiger partial charge < -0.3 is 10.1 Å². The van der Waals surface area contributed by atoms with Crippen molar-refractivity contribution in [2.45, 2.75) is 34.1 Å². The Hall–Kier alpha value is -0.570. The number of hydrogen-bond acceptors (Lipinski definition) is 2. The summed E-state index contributed by atoms with van der Waals surface area (Å²) in [5, 5.41) is 2.69. The van der Waals surface area contributed by atoms with Gasteiger partial charge in [-0.05, 0) is 19.3 Å². The molecule has 0 aliphatic rings. The van der Waals surface area contributed by atoms with Gasteiger partial charge >= 0.3 is 0 Å². The lowest BCUT2D eigenvalue weighted by Crippen LogP contribution is -2.44. The minimum Gasteiger partial charge on any atom is -0.380 e. The van der Waals surface area contributed by atoms with Gasteiger partial charge in [0, 0.05) is 13.7 Å². The quantitative estimate of drug-likeness (QED) is 0.666. The highest BCUT2D eigenvalue weighted by Crippen LogP contribution is 2.27. The Labute approximate surface area is 87.2 Å². The lowest BCUT2D eigenvalue weighted by atomic mass is 9.79. The van der Waals surface area contributed by atoms with Gasteiger partial charge in [-0.1, -0.05) is 20.8 Å². The highest BCUT2D eigenvalue weighted by Gasteiger charge is 2.36. The van der Waals surface area contributed by atoms with Crippen LogP contribution < -0.4 is 5.32 Å². The predicted octanol–water partition coefficient (Wildman–Crippen LogP) is 1.82. The molecule has 0 aromatic carbocycles. The number of rotatable bonds is 6. The van der Waals surface area contributed by atoms with Crippen molar-refractivity contribution in [3.8, 4) is 0 Å². The topological polar surface area (TPSA) is 38.3 Å². The number of hydrogen-bond donors (Lipinski definition) is 1. The lowest BCUT2D eigenvalue weighted by molar-refractivity contribution is -0.136. The van der Waals surface area contributed by atoms with Crippen LogP contribution >= 0.6 is 0 Å². The van der Waals surface area contributed by atoms with Crippen molar-refractivity contribution < 1.29 is 9.53 Å². The monoisotopic (exact) mass is 201 g/mol. The lowest BCUT2D eigenvalue weighted by Gasteiger charge is -2.31. The molecule has 3 nitrogen and oxygen atoms in total. The normalized spacial score (nSPS) is 15.3. The van der Waals surface area contributed by atoms with Crippen molar-refractivity contribution in [2.75, 3.05) is 20.3 Å². The number of amides is 1. The molecule has 1 N–H and O–H groups in total. The zero-order valence-corrected chi connectivity index (χ0v) is 10.0. The molecular weight excluding hydrogens is 178 g/mol. The summed E-state index contributed by atoms with van der Waals surface area (Å²) >= 11 is 0. The molecule has 0 bridgehead atoms. The zero-order chi connectivity index (χ0) is 11.2. The Morgan fingerprint density at radius 1 is 1.50 bits per heavy atom. The van der Waals surface area contributed by atoms with Gasteiger partial charge in [0.25, 0.3) is 0 Å². The minimum atomic E-state index is -0.413. The largest absolute Gasteiger partial charge is 0.380 e. The Morgan fingerprint density at radius 2 is 2.07 bits per heavy atom. The second-order valence-electron chi connectivity index (χ2n) is 4.20. The van der Waals surface area contributed by atoms with E-state index < -0.39 is 5.41 Å². The molecule has 0 aromatic rings. The van der Waals surface area contributed by atoms with Crippen molar-refractivity contribution in [1.29, 1.82) is 0 Å². The Morgan fingerprint density at radius 3 is 2.43 bits per heavy atom. The average Bonchev–Trinajstić information content (AvgIpc) is 2.16. The molecule has 3 heteroatoms. The van der Waals surface area contributed by atoms with Crippen LogP contribution in [0.15, 0.2) is 0 Å². The molecule has 0 heterocycles. The van der Waals surface area contributed by atoms with Crippen LogP contribution in [-0.2, 0) is 9.53 Å². The van der Waals surface area contributed by atoms with Crippen LogP contribution in [0.1, 0.15) is 34.1 Å². The third kappa shape index (κ3) is 3.29. The molecule has 0 saturated carbocycles. The van der Waals surface area contributed by atoms with Gasteiger partial charge in [0.05, 0.1) is 12.0 Å². The van der Waals surface area contributed by atoms with Gasteiger partial charge in [-0.15, -0.1) is 0 Å². The minimum absolute atomic E-state index is 0.0589. The summed E-state index contributed by atoms with van der Waals surface area (Å²) in [6, 6.07) is 0. The second kappa shape index (κ2) is 6.02. The van der Waals surface area contributed by atoms with Gasteiger partial charge in [0.2, 0.25) is 5.91 Å². The van der Waals surface area contributed by atoms with E-state index in [0.29, 0.717) is 6.61 Å². The number of ether oxygens (including phenoxy) is 1. The first-order chi connectivity index (χ1) is 6.49. The molecule has 0 spiro atoms. The molecule has 84 valence electrons. The highest BCUT2D eigenvalue weighted by atomic mass is 16.5. The first-order valence-corrected chi connectivity index (χ1v) is 5.29. The van der Waals surface area contributed by atoms with Gasteiger partial charge in [0.1, 0.15) is 0 Å². The highest BCUT2D eigenvalue weighted by molar-refractivity contribution is 5.82. The van der Waals surface area contributed by atoms with E-state index in [0.717, 1.165) is 13.0 Å². The van der Waals surface area contributed by atoms with E-state index in [1.165, 1.54) is 0 Å². The van der Waals surface area contributed by atoms with Crippen LogP contribution in [0.25, 0.3) is 0 Å². The van der Waals surface area contributed by atoms with Crippen molar-refractivity contribution in [2.24, 2.45) is 11.3 Å². The molecule has 0 rings (SSSR count). The smallest absolute Gasteiger partial charge is 0.228 e. The van der Waals surface area contributed by atoms with Crippen molar-refractivity contribution >= 4 is 5.91 Å². The van der Waals surface area contributed by atoms with E-state index in [1.54, 1.807) is 7.05 Å².